The molecule has 5 nitrogen and oxygen atoms in total. The average Bonchev–Trinajstić information content (AvgIpc) is 2.47. The molecule has 19 heavy (non-hydrogen) atoms. The Labute approximate surface area is 113 Å². The standard InChI is InChI=1S/C14H21N3O2/c1-15-11-5-3-4-6-13(11)19-10-7-8-17-12(9-10)14(18)16-2/h7-9,11,13,15H,3-6H2,1-2H3,(H,16,18). The molecule has 2 N–H and O–H groups in total. The van der Waals surface area contributed by atoms with E-state index in [9.17, 15) is 4.79 Å². The first kappa shape index (κ1) is 13.8. The molecule has 1 amide bonds. The third-order valence-electron chi connectivity index (χ3n) is 3.55. The van der Waals surface area contributed by atoms with Gasteiger partial charge in [0.25, 0.3) is 5.91 Å². The summed E-state index contributed by atoms with van der Waals surface area (Å²) in [7, 11) is 3.56. The first-order valence-corrected chi connectivity index (χ1v) is 6.76. The van der Waals surface area contributed by atoms with Gasteiger partial charge in [0.15, 0.2) is 0 Å². The van der Waals surface area contributed by atoms with E-state index in [1.165, 1.54) is 12.8 Å². The molecule has 0 radical (unpaired) electrons. The molecule has 0 saturated heterocycles. The molecule has 1 aromatic heterocycles. The third-order valence-corrected chi connectivity index (χ3v) is 3.55. The molecule has 0 bridgehead atoms. The number of ether oxygens (including phenoxy) is 1. The second kappa shape index (κ2) is 6.52. The minimum atomic E-state index is -0.195. The Morgan fingerprint density at radius 1 is 1.37 bits per heavy atom. The molecule has 0 aromatic carbocycles. The van der Waals surface area contributed by atoms with E-state index >= 15 is 0 Å². The van der Waals surface area contributed by atoms with Crippen LogP contribution < -0.4 is 15.4 Å². The summed E-state index contributed by atoms with van der Waals surface area (Å²) in [5.41, 5.74) is 0.386. The SMILES string of the molecule is CNC(=O)c1cc(OC2CCCCC2NC)ccn1. The quantitative estimate of drug-likeness (QED) is 0.860. The predicted octanol–water partition coefficient (Wildman–Crippen LogP) is 1.35. The Bertz CT molecular complexity index is 436. The van der Waals surface area contributed by atoms with Crippen LogP contribution in [0.25, 0.3) is 0 Å². The second-order valence-electron chi connectivity index (χ2n) is 4.79. The molecule has 1 aromatic rings. The second-order valence-corrected chi connectivity index (χ2v) is 4.79. The van der Waals surface area contributed by atoms with Gasteiger partial charge in [0, 0.05) is 25.4 Å². The van der Waals surface area contributed by atoms with Crippen molar-refractivity contribution in [2.45, 2.75) is 37.8 Å². The number of pyridine rings is 1. The lowest BCUT2D eigenvalue weighted by Crippen LogP contribution is -2.43. The van der Waals surface area contributed by atoms with Crippen molar-refractivity contribution in [3.8, 4) is 5.75 Å². The van der Waals surface area contributed by atoms with Gasteiger partial charge in [0.1, 0.15) is 17.5 Å². The lowest BCUT2D eigenvalue weighted by molar-refractivity contribution is 0.0954. The fraction of sp³-hybridized carbons (Fsp3) is 0.571. The minimum Gasteiger partial charge on any atom is -0.489 e. The number of carbonyl (C=O) groups is 1. The molecule has 0 spiro atoms. The van der Waals surface area contributed by atoms with Gasteiger partial charge >= 0.3 is 0 Å². The van der Waals surface area contributed by atoms with Gasteiger partial charge in [-0.3, -0.25) is 9.78 Å². The highest BCUT2D eigenvalue weighted by molar-refractivity contribution is 5.92. The van der Waals surface area contributed by atoms with Crippen molar-refractivity contribution in [3.63, 3.8) is 0 Å². The zero-order chi connectivity index (χ0) is 13.7. The normalized spacial score (nSPS) is 22.8. The monoisotopic (exact) mass is 263 g/mol. The van der Waals surface area contributed by atoms with Crippen molar-refractivity contribution in [1.29, 1.82) is 0 Å². The summed E-state index contributed by atoms with van der Waals surface area (Å²) in [6.07, 6.45) is 6.38. The topological polar surface area (TPSA) is 63.2 Å². The Morgan fingerprint density at radius 3 is 2.89 bits per heavy atom. The van der Waals surface area contributed by atoms with Crippen LogP contribution in [0.3, 0.4) is 0 Å². The number of hydrogen-bond acceptors (Lipinski definition) is 4. The number of rotatable bonds is 4. The molecule has 1 fully saturated rings. The van der Waals surface area contributed by atoms with Crippen LogP contribution in [0, 0.1) is 0 Å². The van der Waals surface area contributed by atoms with Crippen LogP contribution in [0.15, 0.2) is 18.3 Å². The van der Waals surface area contributed by atoms with E-state index in [0.29, 0.717) is 17.5 Å². The summed E-state index contributed by atoms with van der Waals surface area (Å²) in [5, 5.41) is 5.87. The van der Waals surface area contributed by atoms with Crippen LogP contribution in [0.4, 0.5) is 0 Å². The first-order chi connectivity index (χ1) is 9.24. The van der Waals surface area contributed by atoms with Gasteiger partial charge in [-0.05, 0) is 32.4 Å². The van der Waals surface area contributed by atoms with Crippen LogP contribution in [0.2, 0.25) is 0 Å². The van der Waals surface area contributed by atoms with E-state index in [0.717, 1.165) is 12.8 Å². The van der Waals surface area contributed by atoms with Gasteiger partial charge in [0.2, 0.25) is 0 Å². The molecule has 1 saturated carbocycles. The van der Waals surface area contributed by atoms with Gasteiger partial charge in [0.05, 0.1) is 0 Å². The van der Waals surface area contributed by atoms with E-state index in [1.54, 1.807) is 25.4 Å². The van der Waals surface area contributed by atoms with Gasteiger partial charge < -0.3 is 15.4 Å². The van der Waals surface area contributed by atoms with Crippen LogP contribution in [-0.4, -0.2) is 37.1 Å². The lowest BCUT2D eigenvalue weighted by atomic mass is 9.92. The zero-order valence-corrected chi connectivity index (χ0v) is 11.5. The van der Waals surface area contributed by atoms with Gasteiger partial charge in [-0.1, -0.05) is 6.42 Å². The van der Waals surface area contributed by atoms with E-state index in [-0.39, 0.29) is 12.0 Å². The summed E-state index contributed by atoms with van der Waals surface area (Å²) in [6.45, 7) is 0. The maximum Gasteiger partial charge on any atom is 0.269 e. The van der Waals surface area contributed by atoms with Crippen LogP contribution in [0.5, 0.6) is 5.75 Å². The number of hydrogen-bond donors (Lipinski definition) is 2. The third kappa shape index (κ3) is 3.44. The highest BCUT2D eigenvalue weighted by atomic mass is 16.5. The summed E-state index contributed by atoms with van der Waals surface area (Å²) in [5.74, 6) is 0.514. The van der Waals surface area contributed by atoms with E-state index < -0.39 is 0 Å². The lowest BCUT2D eigenvalue weighted by Gasteiger charge is -2.31. The molecule has 0 aliphatic heterocycles. The minimum absolute atomic E-state index is 0.165. The van der Waals surface area contributed by atoms with Crippen molar-refractivity contribution >= 4 is 5.91 Å². The van der Waals surface area contributed by atoms with Crippen LogP contribution >= 0.6 is 0 Å². The van der Waals surface area contributed by atoms with E-state index in [4.69, 9.17) is 4.74 Å². The smallest absolute Gasteiger partial charge is 0.269 e. The van der Waals surface area contributed by atoms with Gasteiger partial charge in [-0.15, -0.1) is 0 Å². The Morgan fingerprint density at radius 2 is 2.16 bits per heavy atom. The fourth-order valence-electron chi connectivity index (χ4n) is 2.48. The summed E-state index contributed by atoms with van der Waals surface area (Å²) in [4.78, 5) is 15.6. The van der Waals surface area contributed by atoms with Gasteiger partial charge in [-0.25, -0.2) is 0 Å². The van der Waals surface area contributed by atoms with Crippen molar-refractivity contribution in [2.24, 2.45) is 0 Å². The number of likely N-dealkylation sites (N-methyl/N-ethyl adjacent to an activating group) is 1. The average molecular weight is 263 g/mol. The molecular weight excluding hydrogens is 242 g/mol. The van der Waals surface area contributed by atoms with Crippen LogP contribution in [-0.2, 0) is 0 Å². The number of nitrogens with zero attached hydrogens (tertiary/aromatic N) is 1. The predicted molar refractivity (Wildman–Crippen MR) is 73.4 cm³/mol. The summed E-state index contributed by atoms with van der Waals surface area (Å²) < 4.78 is 6.01. The number of aromatic nitrogens is 1. The summed E-state index contributed by atoms with van der Waals surface area (Å²) in [6, 6.07) is 3.87. The van der Waals surface area contributed by atoms with Gasteiger partial charge in [-0.2, -0.15) is 0 Å². The highest BCUT2D eigenvalue weighted by Crippen LogP contribution is 2.23. The molecule has 1 aliphatic carbocycles. The molecule has 5 heteroatoms. The van der Waals surface area contributed by atoms with Crippen LogP contribution in [0.1, 0.15) is 36.2 Å². The summed E-state index contributed by atoms with van der Waals surface area (Å²) >= 11 is 0. The maximum atomic E-state index is 11.5. The van der Waals surface area contributed by atoms with E-state index in [1.807, 2.05) is 7.05 Å². The molecule has 1 heterocycles. The fourth-order valence-corrected chi connectivity index (χ4v) is 2.48. The number of carbonyl (C=O) groups excluding carboxylic acids is 1. The molecular formula is C14H21N3O2. The Hall–Kier alpha value is -1.62. The van der Waals surface area contributed by atoms with Crippen molar-refractivity contribution in [1.82, 2.24) is 15.6 Å². The largest absolute Gasteiger partial charge is 0.489 e. The molecule has 1 aliphatic rings. The zero-order valence-electron chi connectivity index (χ0n) is 11.5. The molecule has 2 unspecified atom stereocenters. The maximum absolute atomic E-state index is 11.5. The highest BCUT2D eigenvalue weighted by Gasteiger charge is 2.25. The first-order valence-electron chi connectivity index (χ1n) is 6.76. The van der Waals surface area contributed by atoms with Crippen molar-refractivity contribution < 1.29 is 9.53 Å². The van der Waals surface area contributed by atoms with Crippen molar-refractivity contribution in [2.75, 3.05) is 14.1 Å². The number of amides is 1. The van der Waals surface area contributed by atoms with Crippen molar-refractivity contribution in [3.05, 3.63) is 24.0 Å². The number of nitrogens with one attached hydrogen (secondary N) is 2. The molecule has 2 rings (SSSR count). The van der Waals surface area contributed by atoms with E-state index in [2.05, 4.69) is 15.6 Å². The molecule has 104 valence electrons. The Balaban J connectivity index is 2.07. The Kier molecular flexibility index (Phi) is 4.74. The molecule has 2 atom stereocenters.